The molecule has 2 saturated heterocycles. The number of carbonyl (C=O) groups excluding carboxylic acids is 2. The van der Waals surface area contributed by atoms with Crippen LogP contribution in [0.25, 0.3) is 0 Å². The highest BCUT2D eigenvalue weighted by atomic mass is 16.2. The summed E-state index contributed by atoms with van der Waals surface area (Å²) in [6.07, 6.45) is 17.5. The third-order valence-corrected chi connectivity index (χ3v) is 8.46. The smallest absolute Gasteiger partial charge is 0.269 e. The first-order chi connectivity index (χ1) is 14.1. The molecule has 0 saturated carbocycles. The Morgan fingerprint density at radius 3 is 1.80 bits per heavy atom. The molecule has 0 aromatic rings. The van der Waals surface area contributed by atoms with Gasteiger partial charge in [0.05, 0.1) is 13.0 Å². The molecule has 2 fully saturated rings. The number of quaternary nitrogens is 1. The molecule has 174 valence electrons. The van der Waals surface area contributed by atoms with Crippen molar-refractivity contribution < 1.29 is 14.2 Å². The van der Waals surface area contributed by atoms with Gasteiger partial charge in [-0.1, -0.05) is 71.1 Å². The number of nitrogens with zero attached hydrogens (tertiary/aromatic N) is 2. The van der Waals surface area contributed by atoms with Crippen molar-refractivity contribution in [2.24, 2.45) is 5.92 Å². The van der Waals surface area contributed by atoms with Gasteiger partial charge in [0.25, 0.3) is 11.8 Å². The second-order valence-corrected chi connectivity index (χ2v) is 11.4. The van der Waals surface area contributed by atoms with E-state index >= 15 is 0 Å². The summed E-state index contributed by atoms with van der Waals surface area (Å²) >= 11 is 0. The molecular formula is C26H49N2O2+. The van der Waals surface area contributed by atoms with Crippen molar-refractivity contribution in [2.45, 2.75) is 142 Å². The summed E-state index contributed by atoms with van der Waals surface area (Å²) < 4.78 is 0.437. The summed E-state index contributed by atoms with van der Waals surface area (Å²) in [6, 6.07) is 0. The molecule has 0 radical (unpaired) electrons. The van der Waals surface area contributed by atoms with E-state index in [4.69, 9.17) is 0 Å². The highest BCUT2D eigenvalue weighted by molar-refractivity contribution is 6.02. The van der Waals surface area contributed by atoms with Crippen LogP contribution in [0.4, 0.5) is 0 Å². The highest BCUT2D eigenvalue weighted by Crippen LogP contribution is 2.48. The van der Waals surface area contributed by atoms with Crippen molar-refractivity contribution in [3.63, 3.8) is 0 Å². The molecule has 4 heteroatoms. The van der Waals surface area contributed by atoms with Crippen LogP contribution in [0, 0.1) is 5.92 Å². The van der Waals surface area contributed by atoms with Crippen molar-refractivity contribution in [1.82, 2.24) is 5.01 Å². The van der Waals surface area contributed by atoms with Crippen molar-refractivity contribution in [3.05, 3.63) is 0 Å². The van der Waals surface area contributed by atoms with Gasteiger partial charge in [-0.15, -0.1) is 5.01 Å². The molecule has 2 aliphatic rings. The number of piperidine rings is 1. The van der Waals surface area contributed by atoms with Crippen molar-refractivity contribution in [3.8, 4) is 0 Å². The van der Waals surface area contributed by atoms with E-state index in [0.29, 0.717) is 11.0 Å². The summed E-state index contributed by atoms with van der Waals surface area (Å²) in [5, 5.41) is 1.67. The average Bonchev–Trinajstić information content (AvgIpc) is 2.94. The van der Waals surface area contributed by atoms with Crippen molar-refractivity contribution in [1.29, 1.82) is 0 Å². The molecule has 2 rings (SSSR count). The van der Waals surface area contributed by atoms with Crippen LogP contribution in [0.15, 0.2) is 0 Å². The van der Waals surface area contributed by atoms with E-state index in [2.05, 4.69) is 41.7 Å². The minimum atomic E-state index is -0.112. The van der Waals surface area contributed by atoms with Crippen LogP contribution < -0.4 is 0 Å². The molecule has 2 amide bonds. The molecule has 0 spiro atoms. The predicted octanol–water partition coefficient (Wildman–Crippen LogP) is 6.78. The molecule has 0 aliphatic carbocycles. The Balaban J connectivity index is 1.82. The van der Waals surface area contributed by atoms with Gasteiger partial charge in [-0.2, -0.15) is 0 Å². The zero-order valence-electron chi connectivity index (χ0n) is 20.9. The van der Waals surface area contributed by atoms with E-state index < -0.39 is 0 Å². The number of rotatable bonds is 12. The van der Waals surface area contributed by atoms with Crippen molar-refractivity contribution >= 4 is 11.8 Å². The Hall–Kier alpha value is -0.900. The third kappa shape index (κ3) is 5.29. The Bertz CT molecular complexity index is 566. The largest absolute Gasteiger partial charge is 0.279 e. The summed E-state index contributed by atoms with van der Waals surface area (Å²) in [4.78, 5) is 26.4. The maximum atomic E-state index is 13.4. The average molecular weight is 422 g/mol. The van der Waals surface area contributed by atoms with Gasteiger partial charge in [0, 0.05) is 19.3 Å². The van der Waals surface area contributed by atoms with E-state index in [1.165, 1.54) is 57.8 Å². The number of hydrogen-bond acceptors (Lipinski definition) is 2. The molecule has 0 aromatic heterocycles. The zero-order chi connectivity index (χ0) is 22.4. The second-order valence-electron chi connectivity index (χ2n) is 11.4. The summed E-state index contributed by atoms with van der Waals surface area (Å²) in [7, 11) is 2.12. The van der Waals surface area contributed by atoms with Gasteiger partial charge >= 0.3 is 0 Å². The number of amides is 2. The normalized spacial score (nSPS) is 25.1. The lowest BCUT2D eigenvalue weighted by molar-refractivity contribution is -1.08. The lowest BCUT2D eigenvalue weighted by atomic mass is 9.78. The van der Waals surface area contributed by atoms with E-state index in [1.807, 2.05) is 0 Å². The van der Waals surface area contributed by atoms with Crippen molar-refractivity contribution in [2.75, 3.05) is 7.05 Å². The van der Waals surface area contributed by atoms with E-state index in [0.717, 1.165) is 32.1 Å². The van der Waals surface area contributed by atoms with E-state index in [1.54, 1.807) is 5.01 Å². The fourth-order valence-corrected chi connectivity index (χ4v) is 5.95. The Labute approximate surface area is 186 Å². The summed E-state index contributed by atoms with van der Waals surface area (Å²) in [5.41, 5.74) is -0.224. The molecule has 2 aliphatic heterocycles. The van der Waals surface area contributed by atoms with Gasteiger partial charge in [-0.05, 0) is 40.5 Å². The highest BCUT2D eigenvalue weighted by Gasteiger charge is 2.63. The molecule has 1 unspecified atom stereocenters. The molecule has 30 heavy (non-hydrogen) atoms. The number of imide groups is 1. The first kappa shape index (κ1) is 25.4. The van der Waals surface area contributed by atoms with Crippen LogP contribution in [0.1, 0.15) is 131 Å². The van der Waals surface area contributed by atoms with Crippen LogP contribution >= 0.6 is 0 Å². The molecule has 0 bridgehead atoms. The number of likely N-dealkylation sites (tertiary alicyclic amines) is 1. The van der Waals surface area contributed by atoms with E-state index in [9.17, 15) is 9.59 Å². The minimum absolute atomic E-state index is 0.0441. The van der Waals surface area contributed by atoms with Crippen LogP contribution in [-0.2, 0) is 9.59 Å². The molecule has 0 aromatic carbocycles. The first-order valence-electron chi connectivity index (χ1n) is 12.8. The minimum Gasteiger partial charge on any atom is -0.269 e. The summed E-state index contributed by atoms with van der Waals surface area (Å²) in [6.45, 7) is 11.2. The fraction of sp³-hybridized carbons (Fsp3) is 0.923. The molecular weight excluding hydrogens is 372 g/mol. The Morgan fingerprint density at radius 1 is 0.833 bits per heavy atom. The van der Waals surface area contributed by atoms with Crippen LogP contribution in [0.2, 0.25) is 0 Å². The molecule has 2 heterocycles. The molecule has 4 nitrogen and oxygen atoms in total. The van der Waals surface area contributed by atoms with Crippen LogP contribution in [-0.4, -0.2) is 39.5 Å². The Morgan fingerprint density at radius 2 is 1.30 bits per heavy atom. The van der Waals surface area contributed by atoms with Crippen LogP contribution in [0.5, 0.6) is 0 Å². The number of hydrogen-bond donors (Lipinski definition) is 0. The number of unbranched alkanes of at least 4 members (excludes halogenated alkanes) is 9. The van der Waals surface area contributed by atoms with Gasteiger partial charge in [0.2, 0.25) is 0 Å². The predicted molar refractivity (Wildman–Crippen MR) is 125 cm³/mol. The van der Waals surface area contributed by atoms with Gasteiger partial charge in [-0.3, -0.25) is 9.59 Å². The lowest BCUT2D eigenvalue weighted by Gasteiger charge is -2.60. The van der Waals surface area contributed by atoms with Crippen LogP contribution in [0.3, 0.4) is 0 Å². The van der Waals surface area contributed by atoms with Gasteiger partial charge in [0.15, 0.2) is 0 Å². The van der Waals surface area contributed by atoms with E-state index in [-0.39, 0.29) is 28.8 Å². The maximum absolute atomic E-state index is 13.4. The monoisotopic (exact) mass is 421 g/mol. The SMILES string of the molecule is CCCCCCCCCCCCC1CC(=O)N([N+]2(C)C(C)(C)CCCC2(C)C)C1=O. The topological polar surface area (TPSA) is 37.4 Å². The first-order valence-corrected chi connectivity index (χ1v) is 12.8. The standard InChI is InChI=1S/C26H49N2O2/c1-7-8-9-10-11-12-13-14-15-16-18-22-21-23(29)27(24(22)30)28(6)25(2,3)19-17-20-26(28,4)5/h22H,7-21H2,1-6H3/q+1. The van der Waals surface area contributed by atoms with Gasteiger partial charge in [-0.25, -0.2) is 4.59 Å². The second kappa shape index (κ2) is 10.6. The third-order valence-electron chi connectivity index (χ3n) is 8.46. The number of carbonyl (C=O) groups is 2. The van der Waals surface area contributed by atoms with Gasteiger partial charge < -0.3 is 0 Å². The molecule has 0 N–H and O–H groups in total. The zero-order valence-corrected chi connectivity index (χ0v) is 20.9. The quantitative estimate of drug-likeness (QED) is 0.198. The molecule has 1 atom stereocenters. The van der Waals surface area contributed by atoms with Gasteiger partial charge in [0.1, 0.15) is 11.1 Å². The fourth-order valence-electron chi connectivity index (χ4n) is 5.95. The summed E-state index contributed by atoms with van der Waals surface area (Å²) in [5.74, 6) is 0.0270. The Kier molecular flexibility index (Phi) is 8.97. The maximum Gasteiger partial charge on any atom is 0.279 e. The lowest BCUT2D eigenvalue weighted by Crippen LogP contribution is -2.78.